The Labute approximate surface area is 155 Å². The molecular formula is C18H17ClFN5O. The topological polar surface area (TPSA) is 72.7 Å². The fourth-order valence-corrected chi connectivity index (χ4v) is 2.78. The van der Waals surface area contributed by atoms with Crippen molar-refractivity contribution < 1.29 is 9.18 Å². The van der Waals surface area contributed by atoms with Crippen LogP contribution in [0.15, 0.2) is 54.9 Å². The predicted octanol–water partition coefficient (Wildman–Crippen LogP) is 2.96. The fourth-order valence-electron chi connectivity index (χ4n) is 2.66. The zero-order valence-electron chi connectivity index (χ0n) is 13.8. The highest BCUT2D eigenvalue weighted by molar-refractivity contribution is 6.30. The molecule has 8 heteroatoms. The van der Waals surface area contributed by atoms with Crippen molar-refractivity contribution in [3.05, 3.63) is 76.8 Å². The third kappa shape index (κ3) is 5.10. The van der Waals surface area contributed by atoms with Gasteiger partial charge in [0, 0.05) is 23.9 Å². The van der Waals surface area contributed by atoms with E-state index in [1.54, 1.807) is 28.9 Å². The molecule has 0 fully saturated rings. The monoisotopic (exact) mass is 373 g/mol. The summed E-state index contributed by atoms with van der Waals surface area (Å²) >= 11 is 5.95. The molecule has 6 nitrogen and oxygen atoms in total. The number of benzene rings is 2. The van der Waals surface area contributed by atoms with Gasteiger partial charge in [0.05, 0.1) is 6.54 Å². The number of aromatic nitrogens is 4. The van der Waals surface area contributed by atoms with Crippen molar-refractivity contribution in [1.29, 1.82) is 0 Å². The molecule has 1 N–H and O–H groups in total. The lowest BCUT2D eigenvalue weighted by Crippen LogP contribution is -2.26. The van der Waals surface area contributed by atoms with E-state index in [0.29, 0.717) is 17.1 Å². The highest BCUT2D eigenvalue weighted by atomic mass is 35.5. The predicted molar refractivity (Wildman–Crippen MR) is 94.9 cm³/mol. The summed E-state index contributed by atoms with van der Waals surface area (Å²) in [6, 6.07) is 13.5. The summed E-state index contributed by atoms with van der Waals surface area (Å²) < 4.78 is 14.8. The fraction of sp³-hybridized carbons (Fsp3) is 0.222. The third-order valence-corrected chi connectivity index (χ3v) is 4.20. The Kier molecular flexibility index (Phi) is 5.91. The molecule has 3 aromatic rings. The minimum absolute atomic E-state index is 0.122. The summed E-state index contributed by atoms with van der Waals surface area (Å²) in [5, 5.41) is 14.6. The highest BCUT2D eigenvalue weighted by Crippen LogP contribution is 2.23. The average molecular weight is 374 g/mol. The number of amides is 1. The van der Waals surface area contributed by atoms with Crippen molar-refractivity contribution in [2.75, 3.05) is 0 Å². The first kappa shape index (κ1) is 18.0. The van der Waals surface area contributed by atoms with Crippen LogP contribution in [-0.4, -0.2) is 26.1 Å². The van der Waals surface area contributed by atoms with Crippen molar-refractivity contribution in [2.24, 2.45) is 0 Å². The van der Waals surface area contributed by atoms with Crippen LogP contribution in [0.4, 0.5) is 4.39 Å². The quantitative estimate of drug-likeness (QED) is 0.691. The van der Waals surface area contributed by atoms with Crippen LogP contribution in [0.5, 0.6) is 0 Å². The molecule has 26 heavy (non-hydrogen) atoms. The Morgan fingerprint density at radius 3 is 2.73 bits per heavy atom. The average Bonchev–Trinajstić information content (AvgIpc) is 3.13. The number of carbonyl (C=O) groups is 1. The molecule has 0 saturated carbocycles. The molecule has 0 spiro atoms. The maximum Gasteiger partial charge on any atom is 0.220 e. The summed E-state index contributed by atoms with van der Waals surface area (Å²) in [4.78, 5) is 12.4. The minimum Gasteiger partial charge on any atom is -0.352 e. The van der Waals surface area contributed by atoms with Crippen molar-refractivity contribution in [3.8, 4) is 0 Å². The Bertz CT molecular complexity index is 854. The second kappa shape index (κ2) is 8.53. The molecule has 134 valence electrons. The zero-order valence-corrected chi connectivity index (χ0v) is 14.6. The number of nitrogens with zero attached hydrogens (tertiary/aromatic N) is 4. The van der Waals surface area contributed by atoms with Gasteiger partial charge in [0.15, 0.2) is 0 Å². The van der Waals surface area contributed by atoms with Crippen LogP contribution in [0.3, 0.4) is 0 Å². The largest absolute Gasteiger partial charge is 0.352 e. The minimum atomic E-state index is -0.325. The smallest absolute Gasteiger partial charge is 0.220 e. The Morgan fingerprint density at radius 2 is 2.04 bits per heavy atom. The molecule has 0 radical (unpaired) electrons. The van der Waals surface area contributed by atoms with Gasteiger partial charge < -0.3 is 5.32 Å². The summed E-state index contributed by atoms with van der Waals surface area (Å²) in [7, 11) is 0. The molecule has 0 aliphatic rings. The van der Waals surface area contributed by atoms with Crippen molar-refractivity contribution in [2.45, 2.75) is 25.4 Å². The molecule has 2 aromatic carbocycles. The highest BCUT2D eigenvalue weighted by Gasteiger charge is 2.17. The van der Waals surface area contributed by atoms with E-state index in [2.05, 4.69) is 20.8 Å². The van der Waals surface area contributed by atoms with Gasteiger partial charge in [-0.15, -0.1) is 5.10 Å². The van der Waals surface area contributed by atoms with Crippen LogP contribution in [-0.2, 0) is 17.9 Å². The molecule has 0 aliphatic carbocycles. The summed E-state index contributed by atoms with van der Waals surface area (Å²) in [5.41, 5.74) is 1.67. The molecule has 0 saturated heterocycles. The van der Waals surface area contributed by atoms with Crippen LogP contribution < -0.4 is 5.32 Å². The normalized spacial score (nSPS) is 11.9. The first-order chi connectivity index (χ1) is 12.6. The van der Waals surface area contributed by atoms with Crippen molar-refractivity contribution in [3.63, 3.8) is 0 Å². The van der Waals surface area contributed by atoms with Gasteiger partial charge in [-0.05, 0) is 45.8 Å². The Balaban J connectivity index is 1.66. The molecular weight excluding hydrogens is 357 g/mol. The number of tetrazole rings is 1. The lowest BCUT2D eigenvalue weighted by Gasteiger charge is -2.17. The SMILES string of the molecule is O=C(C[C@H](Cn1cnnn1)c1ccc(Cl)cc1)NCc1cccc(F)c1. The number of halogens is 2. The summed E-state index contributed by atoms with van der Waals surface area (Å²) in [5.74, 6) is -0.583. The van der Waals surface area contributed by atoms with E-state index < -0.39 is 0 Å². The van der Waals surface area contributed by atoms with Crippen LogP contribution in [0.2, 0.25) is 5.02 Å². The van der Waals surface area contributed by atoms with Gasteiger partial charge in [0.25, 0.3) is 0 Å². The molecule has 0 unspecified atom stereocenters. The Morgan fingerprint density at radius 1 is 1.23 bits per heavy atom. The van der Waals surface area contributed by atoms with E-state index in [1.807, 2.05) is 12.1 Å². The summed E-state index contributed by atoms with van der Waals surface area (Å²) in [6.07, 6.45) is 1.75. The second-order valence-electron chi connectivity index (χ2n) is 5.89. The van der Waals surface area contributed by atoms with Gasteiger partial charge in [-0.25, -0.2) is 9.07 Å². The molecule has 3 rings (SSSR count). The van der Waals surface area contributed by atoms with E-state index in [0.717, 1.165) is 5.56 Å². The van der Waals surface area contributed by atoms with Gasteiger partial charge in [-0.1, -0.05) is 35.9 Å². The molecule has 1 aromatic heterocycles. The molecule has 0 bridgehead atoms. The van der Waals surface area contributed by atoms with Gasteiger partial charge in [-0.3, -0.25) is 4.79 Å². The van der Waals surface area contributed by atoms with Gasteiger partial charge >= 0.3 is 0 Å². The lowest BCUT2D eigenvalue weighted by atomic mass is 9.95. The number of hydrogen-bond donors (Lipinski definition) is 1. The number of hydrogen-bond acceptors (Lipinski definition) is 4. The van der Waals surface area contributed by atoms with Crippen LogP contribution in [0, 0.1) is 5.82 Å². The van der Waals surface area contributed by atoms with Crippen LogP contribution >= 0.6 is 11.6 Å². The number of rotatable bonds is 7. The number of nitrogens with one attached hydrogen (secondary N) is 1. The van der Waals surface area contributed by atoms with Crippen LogP contribution in [0.25, 0.3) is 0 Å². The zero-order chi connectivity index (χ0) is 18.4. The van der Waals surface area contributed by atoms with Gasteiger partial charge in [-0.2, -0.15) is 0 Å². The van der Waals surface area contributed by atoms with E-state index in [9.17, 15) is 9.18 Å². The standard InChI is InChI=1S/C18H17ClFN5O/c19-16-6-4-14(5-7-16)15(11-25-12-22-23-24-25)9-18(26)21-10-13-2-1-3-17(20)8-13/h1-8,12,15H,9-11H2,(H,21,26)/t15-/m1/s1. The molecule has 1 amide bonds. The van der Waals surface area contributed by atoms with Crippen molar-refractivity contribution in [1.82, 2.24) is 25.5 Å². The second-order valence-corrected chi connectivity index (χ2v) is 6.33. The van der Waals surface area contributed by atoms with E-state index in [-0.39, 0.29) is 30.6 Å². The van der Waals surface area contributed by atoms with Crippen molar-refractivity contribution >= 4 is 17.5 Å². The van der Waals surface area contributed by atoms with Gasteiger partial charge in [0.2, 0.25) is 5.91 Å². The first-order valence-electron chi connectivity index (χ1n) is 8.07. The van der Waals surface area contributed by atoms with E-state index in [1.165, 1.54) is 18.5 Å². The first-order valence-corrected chi connectivity index (χ1v) is 8.45. The lowest BCUT2D eigenvalue weighted by molar-refractivity contribution is -0.121. The molecule has 1 heterocycles. The summed E-state index contributed by atoms with van der Waals surface area (Å²) in [6.45, 7) is 0.733. The maximum atomic E-state index is 13.2. The molecule has 1 atom stereocenters. The number of carbonyl (C=O) groups excluding carboxylic acids is 1. The maximum absolute atomic E-state index is 13.2. The van der Waals surface area contributed by atoms with Gasteiger partial charge in [0.1, 0.15) is 12.1 Å². The van der Waals surface area contributed by atoms with Crippen LogP contribution in [0.1, 0.15) is 23.5 Å². The van der Waals surface area contributed by atoms with E-state index in [4.69, 9.17) is 11.6 Å². The third-order valence-electron chi connectivity index (χ3n) is 3.95. The Hall–Kier alpha value is -2.80. The molecule has 0 aliphatic heterocycles. The van der Waals surface area contributed by atoms with E-state index >= 15 is 0 Å².